The normalized spacial score (nSPS) is 15.5. The molecule has 7 heteroatoms. The number of morpholine rings is 1. The van der Waals surface area contributed by atoms with Gasteiger partial charge in [-0.1, -0.05) is 35.9 Å². The summed E-state index contributed by atoms with van der Waals surface area (Å²) in [5, 5.41) is 0. The lowest BCUT2D eigenvalue weighted by Crippen LogP contribution is -2.40. The fraction of sp³-hybridized carbons (Fsp3) is 0.350. The minimum absolute atomic E-state index is 0.134. The first kappa shape index (κ1) is 19.5. The van der Waals surface area contributed by atoms with Gasteiger partial charge in [-0.05, 0) is 37.1 Å². The molecule has 0 bridgehead atoms. The number of sulfonamides is 1. The van der Waals surface area contributed by atoms with E-state index in [1.165, 1.54) is 10.4 Å². The van der Waals surface area contributed by atoms with Crippen LogP contribution in [0, 0.1) is 13.8 Å². The van der Waals surface area contributed by atoms with Crippen molar-refractivity contribution in [3.05, 3.63) is 64.7 Å². The standard InChI is InChI=1S/C20H23NO5S/c1-15-4-3-5-17(12-15)14-26-20(22)18-7-6-16(2)19(13-18)27(23,24)21-8-10-25-11-9-21/h3-7,12-13H,8-11,14H2,1-2H3. The van der Waals surface area contributed by atoms with E-state index in [0.29, 0.717) is 31.9 Å². The summed E-state index contributed by atoms with van der Waals surface area (Å²) in [5.41, 5.74) is 2.78. The van der Waals surface area contributed by atoms with Gasteiger partial charge in [0.05, 0.1) is 23.7 Å². The smallest absolute Gasteiger partial charge is 0.338 e. The van der Waals surface area contributed by atoms with E-state index in [1.807, 2.05) is 31.2 Å². The van der Waals surface area contributed by atoms with Crippen molar-refractivity contribution in [2.24, 2.45) is 0 Å². The highest BCUT2D eigenvalue weighted by molar-refractivity contribution is 7.89. The Kier molecular flexibility index (Phi) is 5.94. The highest BCUT2D eigenvalue weighted by Crippen LogP contribution is 2.23. The third-order valence-electron chi connectivity index (χ3n) is 4.46. The summed E-state index contributed by atoms with van der Waals surface area (Å²) in [6.45, 7) is 5.18. The number of hydrogen-bond acceptors (Lipinski definition) is 5. The molecule has 1 heterocycles. The van der Waals surface area contributed by atoms with Crippen molar-refractivity contribution in [2.45, 2.75) is 25.3 Å². The number of rotatable bonds is 5. The van der Waals surface area contributed by atoms with Crippen molar-refractivity contribution >= 4 is 16.0 Å². The molecule has 0 unspecified atom stereocenters. The zero-order valence-electron chi connectivity index (χ0n) is 15.5. The van der Waals surface area contributed by atoms with Gasteiger partial charge in [-0.25, -0.2) is 13.2 Å². The van der Waals surface area contributed by atoms with Gasteiger partial charge in [-0.3, -0.25) is 0 Å². The van der Waals surface area contributed by atoms with Gasteiger partial charge in [-0.15, -0.1) is 0 Å². The summed E-state index contributed by atoms with van der Waals surface area (Å²) in [7, 11) is -3.68. The highest BCUT2D eigenvalue weighted by atomic mass is 32.2. The molecule has 0 atom stereocenters. The molecule has 1 fully saturated rings. The van der Waals surface area contributed by atoms with Gasteiger partial charge < -0.3 is 9.47 Å². The van der Waals surface area contributed by atoms with Crippen LogP contribution < -0.4 is 0 Å². The summed E-state index contributed by atoms with van der Waals surface area (Å²) in [6, 6.07) is 12.3. The summed E-state index contributed by atoms with van der Waals surface area (Å²) >= 11 is 0. The molecule has 1 aliphatic rings. The van der Waals surface area contributed by atoms with Gasteiger partial charge in [-0.2, -0.15) is 4.31 Å². The SMILES string of the molecule is Cc1cccc(COC(=O)c2ccc(C)c(S(=O)(=O)N3CCOCC3)c2)c1. The first-order valence-electron chi connectivity index (χ1n) is 8.79. The van der Waals surface area contributed by atoms with Gasteiger partial charge in [0, 0.05) is 13.1 Å². The second-order valence-electron chi connectivity index (χ2n) is 6.56. The molecule has 2 aromatic carbocycles. The second-order valence-corrected chi connectivity index (χ2v) is 8.47. The minimum Gasteiger partial charge on any atom is -0.457 e. The van der Waals surface area contributed by atoms with Crippen LogP contribution in [-0.2, 0) is 26.1 Å². The van der Waals surface area contributed by atoms with Gasteiger partial charge >= 0.3 is 5.97 Å². The van der Waals surface area contributed by atoms with Crippen molar-refractivity contribution in [3.63, 3.8) is 0 Å². The van der Waals surface area contributed by atoms with Gasteiger partial charge in [0.25, 0.3) is 0 Å². The van der Waals surface area contributed by atoms with E-state index < -0.39 is 16.0 Å². The van der Waals surface area contributed by atoms with E-state index in [-0.39, 0.29) is 17.1 Å². The molecular formula is C20H23NO5S. The molecular weight excluding hydrogens is 366 g/mol. The lowest BCUT2D eigenvalue weighted by Gasteiger charge is -2.26. The first-order chi connectivity index (χ1) is 12.9. The van der Waals surface area contributed by atoms with Crippen LogP contribution >= 0.6 is 0 Å². The van der Waals surface area contributed by atoms with Crippen LogP contribution in [0.5, 0.6) is 0 Å². The van der Waals surface area contributed by atoms with Crippen molar-refractivity contribution in [1.29, 1.82) is 0 Å². The maximum atomic E-state index is 12.9. The average molecular weight is 389 g/mol. The molecule has 2 aromatic rings. The third kappa shape index (κ3) is 4.55. The third-order valence-corrected chi connectivity index (χ3v) is 6.50. The van der Waals surface area contributed by atoms with Crippen LogP contribution in [0.3, 0.4) is 0 Å². The molecule has 0 spiro atoms. The van der Waals surface area contributed by atoms with Crippen LogP contribution in [0.15, 0.2) is 47.4 Å². The Morgan fingerprint density at radius 1 is 1.11 bits per heavy atom. The average Bonchev–Trinajstić information content (AvgIpc) is 2.67. The minimum atomic E-state index is -3.68. The number of carbonyl (C=O) groups is 1. The Bertz CT molecular complexity index is 933. The van der Waals surface area contributed by atoms with Crippen molar-refractivity contribution in [2.75, 3.05) is 26.3 Å². The summed E-state index contributed by atoms with van der Waals surface area (Å²) in [5.74, 6) is -0.546. The lowest BCUT2D eigenvalue weighted by atomic mass is 10.1. The topological polar surface area (TPSA) is 72.9 Å². The van der Waals surface area contributed by atoms with Crippen molar-refractivity contribution < 1.29 is 22.7 Å². The molecule has 0 amide bonds. The van der Waals surface area contributed by atoms with E-state index >= 15 is 0 Å². The van der Waals surface area contributed by atoms with E-state index in [4.69, 9.17) is 9.47 Å². The Morgan fingerprint density at radius 3 is 2.56 bits per heavy atom. The molecule has 1 saturated heterocycles. The summed E-state index contributed by atoms with van der Waals surface area (Å²) in [4.78, 5) is 12.6. The lowest BCUT2D eigenvalue weighted by molar-refractivity contribution is 0.0472. The Hall–Kier alpha value is -2.22. The number of esters is 1. The number of aryl methyl sites for hydroxylation is 2. The van der Waals surface area contributed by atoms with Gasteiger partial charge in [0.1, 0.15) is 6.61 Å². The zero-order valence-corrected chi connectivity index (χ0v) is 16.3. The molecule has 0 aromatic heterocycles. The number of carbonyl (C=O) groups excluding carboxylic acids is 1. The molecule has 0 saturated carbocycles. The van der Waals surface area contributed by atoms with E-state index in [1.54, 1.807) is 19.1 Å². The molecule has 0 radical (unpaired) electrons. The van der Waals surface area contributed by atoms with Crippen LogP contribution in [-0.4, -0.2) is 45.0 Å². The number of benzene rings is 2. The zero-order chi connectivity index (χ0) is 19.4. The van der Waals surface area contributed by atoms with Crippen LogP contribution in [0.25, 0.3) is 0 Å². The van der Waals surface area contributed by atoms with Crippen molar-refractivity contribution in [1.82, 2.24) is 4.31 Å². The molecule has 27 heavy (non-hydrogen) atoms. The van der Waals surface area contributed by atoms with Gasteiger partial charge in [0.15, 0.2) is 0 Å². The van der Waals surface area contributed by atoms with E-state index in [0.717, 1.165) is 11.1 Å². The fourth-order valence-electron chi connectivity index (χ4n) is 2.97. The van der Waals surface area contributed by atoms with Crippen LogP contribution in [0.1, 0.15) is 27.0 Å². The molecule has 144 valence electrons. The largest absolute Gasteiger partial charge is 0.457 e. The van der Waals surface area contributed by atoms with Gasteiger partial charge in [0.2, 0.25) is 10.0 Å². The molecule has 0 aliphatic carbocycles. The van der Waals surface area contributed by atoms with Crippen molar-refractivity contribution in [3.8, 4) is 0 Å². The first-order valence-corrected chi connectivity index (χ1v) is 10.2. The maximum absolute atomic E-state index is 12.9. The van der Waals surface area contributed by atoms with Crippen LogP contribution in [0.2, 0.25) is 0 Å². The van der Waals surface area contributed by atoms with Crippen LogP contribution in [0.4, 0.5) is 0 Å². The number of ether oxygens (including phenoxy) is 2. The highest BCUT2D eigenvalue weighted by Gasteiger charge is 2.28. The number of nitrogens with zero attached hydrogens (tertiary/aromatic N) is 1. The Balaban J connectivity index is 1.79. The predicted octanol–water partition coefficient (Wildman–Crippen LogP) is 2.68. The quantitative estimate of drug-likeness (QED) is 0.735. The maximum Gasteiger partial charge on any atom is 0.338 e. The fourth-order valence-corrected chi connectivity index (χ4v) is 4.62. The number of hydrogen-bond donors (Lipinski definition) is 0. The van der Waals surface area contributed by atoms with E-state index in [9.17, 15) is 13.2 Å². The summed E-state index contributed by atoms with van der Waals surface area (Å²) < 4.78 is 37.8. The summed E-state index contributed by atoms with van der Waals surface area (Å²) in [6.07, 6.45) is 0. The molecule has 0 N–H and O–H groups in total. The second kappa shape index (κ2) is 8.21. The Morgan fingerprint density at radius 2 is 1.85 bits per heavy atom. The predicted molar refractivity (Wildman–Crippen MR) is 101 cm³/mol. The molecule has 3 rings (SSSR count). The Labute approximate surface area is 159 Å². The van der Waals surface area contributed by atoms with E-state index in [2.05, 4.69) is 0 Å². The monoisotopic (exact) mass is 389 g/mol. The molecule has 1 aliphatic heterocycles. The molecule has 6 nitrogen and oxygen atoms in total.